The molecule has 0 aliphatic heterocycles. The van der Waals surface area contributed by atoms with Crippen LogP contribution in [-0.2, 0) is 4.79 Å². The van der Waals surface area contributed by atoms with E-state index < -0.39 is 5.97 Å². The lowest BCUT2D eigenvalue weighted by atomic mass is 10.2. The van der Waals surface area contributed by atoms with Crippen LogP contribution in [0.15, 0.2) is 36.4 Å². The van der Waals surface area contributed by atoms with Gasteiger partial charge in [-0.3, -0.25) is 0 Å². The second kappa shape index (κ2) is 7.03. The third-order valence-electron chi connectivity index (χ3n) is 2.57. The van der Waals surface area contributed by atoms with E-state index in [0.29, 0.717) is 15.8 Å². The Bertz CT molecular complexity index is 654. The van der Waals surface area contributed by atoms with Crippen molar-refractivity contribution in [1.82, 2.24) is 0 Å². The van der Waals surface area contributed by atoms with E-state index in [1.807, 2.05) is 19.1 Å². The first-order valence-electron chi connectivity index (χ1n) is 6.00. The summed E-state index contributed by atoms with van der Waals surface area (Å²) >= 11 is 17.6. The van der Waals surface area contributed by atoms with Crippen molar-refractivity contribution in [3.05, 3.63) is 57.0 Å². The molecule has 0 aliphatic carbocycles. The number of carbonyl (C=O) groups excluding carboxylic acids is 1. The molecule has 0 atom stereocenters. The van der Waals surface area contributed by atoms with Gasteiger partial charge < -0.3 is 9.47 Å². The van der Waals surface area contributed by atoms with E-state index in [0.717, 1.165) is 5.56 Å². The molecule has 0 bridgehead atoms. The highest BCUT2D eigenvalue weighted by molar-refractivity contribution is 6.43. The zero-order chi connectivity index (χ0) is 15.4. The van der Waals surface area contributed by atoms with Gasteiger partial charge >= 0.3 is 5.97 Å². The van der Waals surface area contributed by atoms with E-state index in [2.05, 4.69) is 0 Å². The van der Waals surface area contributed by atoms with Gasteiger partial charge in [0.15, 0.2) is 6.61 Å². The van der Waals surface area contributed by atoms with Gasteiger partial charge in [0.25, 0.3) is 0 Å². The van der Waals surface area contributed by atoms with Crippen molar-refractivity contribution in [3.63, 3.8) is 0 Å². The van der Waals surface area contributed by atoms with E-state index in [9.17, 15) is 4.79 Å². The Morgan fingerprint density at radius 2 is 1.62 bits per heavy atom. The lowest BCUT2D eigenvalue weighted by Crippen LogP contribution is -2.17. The molecule has 3 nitrogen and oxygen atoms in total. The summed E-state index contributed by atoms with van der Waals surface area (Å²) in [6.07, 6.45) is 0. The van der Waals surface area contributed by atoms with Crippen LogP contribution in [0.3, 0.4) is 0 Å². The van der Waals surface area contributed by atoms with Crippen LogP contribution in [0.4, 0.5) is 0 Å². The molecule has 2 rings (SSSR count). The summed E-state index contributed by atoms with van der Waals surface area (Å²) < 4.78 is 10.4. The first-order chi connectivity index (χ1) is 9.95. The molecule has 110 valence electrons. The number of halogens is 3. The number of rotatable bonds is 4. The molecule has 0 amide bonds. The molecule has 0 radical (unpaired) electrons. The van der Waals surface area contributed by atoms with Crippen molar-refractivity contribution in [3.8, 4) is 11.5 Å². The fourth-order valence-corrected chi connectivity index (χ4v) is 2.11. The molecule has 2 aromatic carbocycles. The number of hydrogen-bond acceptors (Lipinski definition) is 3. The fraction of sp³-hybridized carbons (Fsp3) is 0.133. The van der Waals surface area contributed by atoms with Crippen LogP contribution >= 0.6 is 34.8 Å². The molecule has 0 spiro atoms. The SMILES string of the molecule is Cc1ccc(OC(=O)COc2cc(Cl)c(Cl)cc2Cl)cc1. The molecule has 0 saturated heterocycles. The van der Waals surface area contributed by atoms with Gasteiger partial charge in [-0.1, -0.05) is 52.5 Å². The van der Waals surface area contributed by atoms with E-state index in [4.69, 9.17) is 44.3 Å². The molecule has 21 heavy (non-hydrogen) atoms. The zero-order valence-electron chi connectivity index (χ0n) is 11.0. The zero-order valence-corrected chi connectivity index (χ0v) is 13.3. The van der Waals surface area contributed by atoms with Crippen LogP contribution in [0.2, 0.25) is 15.1 Å². The Morgan fingerprint density at radius 1 is 1.00 bits per heavy atom. The minimum absolute atomic E-state index is 0.270. The summed E-state index contributed by atoms with van der Waals surface area (Å²) in [6.45, 7) is 1.66. The molecule has 0 unspecified atom stereocenters. The van der Waals surface area contributed by atoms with E-state index in [1.54, 1.807) is 12.1 Å². The van der Waals surface area contributed by atoms with Gasteiger partial charge in [0.2, 0.25) is 0 Å². The summed E-state index contributed by atoms with van der Waals surface area (Å²) in [5, 5.41) is 0.881. The van der Waals surface area contributed by atoms with Crippen molar-refractivity contribution in [2.45, 2.75) is 6.92 Å². The van der Waals surface area contributed by atoms with E-state index in [-0.39, 0.29) is 17.4 Å². The van der Waals surface area contributed by atoms with Crippen LogP contribution in [0.1, 0.15) is 5.56 Å². The third-order valence-corrected chi connectivity index (χ3v) is 3.59. The molecule has 0 fully saturated rings. The number of esters is 1. The average molecular weight is 346 g/mol. The molecule has 0 aromatic heterocycles. The Morgan fingerprint density at radius 3 is 2.29 bits per heavy atom. The summed E-state index contributed by atoms with van der Waals surface area (Å²) in [6, 6.07) is 10.0. The third kappa shape index (κ3) is 4.53. The first kappa shape index (κ1) is 16.0. The summed E-state index contributed by atoms with van der Waals surface area (Å²) in [7, 11) is 0. The van der Waals surface area contributed by atoms with E-state index >= 15 is 0 Å². The number of hydrogen-bond donors (Lipinski definition) is 0. The van der Waals surface area contributed by atoms with Crippen molar-refractivity contribution in [1.29, 1.82) is 0 Å². The van der Waals surface area contributed by atoms with E-state index in [1.165, 1.54) is 12.1 Å². The Balaban J connectivity index is 1.95. The van der Waals surface area contributed by atoms with Gasteiger partial charge in [0.1, 0.15) is 11.5 Å². The largest absolute Gasteiger partial charge is 0.480 e. The molecular formula is C15H11Cl3O3. The van der Waals surface area contributed by atoms with Gasteiger partial charge in [-0.2, -0.15) is 0 Å². The maximum absolute atomic E-state index is 11.7. The fourth-order valence-electron chi connectivity index (χ4n) is 1.52. The van der Waals surface area contributed by atoms with Gasteiger partial charge in [-0.25, -0.2) is 4.79 Å². The molecule has 0 heterocycles. The molecule has 0 saturated carbocycles. The van der Waals surface area contributed by atoms with Crippen LogP contribution < -0.4 is 9.47 Å². The molecule has 2 aromatic rings. The van der Waals surface area contributed by atoms with Gasteiger partial charge in [-0.05, 0) is 25.1 Å². The lowest BCUT2D eigenvalue weighted by Gasteiger charge is -2.09. The van der Waals surface area contributed by atoms with Crippen molar-refractivity contribution < 1.29 is 14.3 Å². The Hall–Kier alpha value is -1.42. The summed E-state index contributed by atoms with van der Waals surface area (Å²) in [5.41, 5.74) is 1.08. The monoisotopic (exact) mass is 344 g/mol. The summed E-state index contributed by atoms with van der Waals surface area (Å²) in [5.74, 6) is 0.183. The van der Waals surface area contributed by atoms with Crippen molar-refractivity contribution in [2.24, 2.45) is 0 Å². The molecular weight excluding hydrogens is 335 g/mol. The average Bonchev–Trinajstić information content (AvgIpc) is 2.44. The standard InChI is InChI=1S/C15H11Cl3O3/c1-9-2-4-10(5-3-9)21-15(19)8-20-14-7-12(17)11(16)6-13(14)18/h2-7H,8H2,1H3. The van der Waals surface area contributed by atoms with Gasteiger partial charge in [0, 0.05) is 6.07 Å². The maximum atomic E-state index is 11.7. The van der Waals surface area contributed by atoms with Crippen LogP contribution in [0.25, 0.3) is 0 Å². The quantitative estimate of drug-likeness (QED) is 0.447. The molecule has 6 heteroatoms. The number of carbonyl (C=O) groups is 1. The minimum atomic E-state index is -0.541. The number of ether oxygens (including phenoxy) is 2. The van der Waals surface area contributed by atoms with Crippen LogP contribution in [0.5, 0.6) is 11.5 Å². The predicted molar refractivity (Wildman–Crippen MR) is 83.8 cm³/mol. The highest BCUT2D eigenvalue weighted by atomic mass is 35.5. The maximum Gasteiger partial charge on any atom is 0.349 e. The second-order valence-electron chi connectivity index (χ2n) is 4.27. The molecule has 0 N–H and O–H groups in total. The Kier molecular flexibility index (Phi) is 5.34. The number of benzene rings is 2. The molecule has 0 aliphatic rings. The summed E-state index contributed by atoms with van der Waals surface area (Å²) in [4.78, 5) is 11.7. The van der Waals surface area contributed by atoms with Crippen molar-refractivity contribution >= 4 is 40.8 Å². The highest BCUT2D eigenvalue weighted by Gasteiger charge is 2.11. The number of aryl methyl sites for hydroxylation is 1. The van der Waals surface area contributed by atoms with Crippen molar-refractivity contribution in [2.75, 3.05) is 6.61 Å². The van der Waals surface area contributed by atoms with Gasteiger partial charge in [-0.15, -0.1) is 0 Å². The normalized spacial score (nSPS) is 10.3. The minimum Gasteiger partial charge on any atom is -0.480 e. The first-order valence-corrected chi connectivity index (χ1v) is 7.14. The van der Waals surface area contributed by atoms with Gasteiger partial charge in [0.05, 0.1) is 15.1 Å². The van der Waals surface area contributed by atoms with Crippen LogP contribution in [-0.4, -0.2) is 12.6 Å². The topological polar surface area (TPSA) is 35.5 Å². The Labute approximate surface area is 137 Å². The second-order valence-corrected chi connectivity index (χ2v) is 5.49. The van der Waals surface area contributed by atoms with Crippen LogP contribution in [0, 0.1) is 6.92 Å². The highest BCUT2D eigenvalue weighted by Crippen LogP contribution is 2.33. The smallest absolute Gasteiger partial charge is 0.349 e. The predicted octanol–water partition coefficient (Wildman–Crippen LogP) is 4.94. The lowest BCUT2D eigenvalue weighted by molar-refractivity contribution is -0.136.